The monoisotopic (exact) mass is 333 g/mol. The van der Waals surface area contributed by atoms with Crippen molar-refractivity contribution in [1.29, 1.82) is 0 Å². The second-order valence-corrected chi connectivity index (χ2v) is 9.43. The Labute approximate surface area is 138 Å². The van der Waals surface area contributed by atoms with Gasteiger partial charge < -0.3 is 4.55 Å². The van der Waals surface area contributed by atoms with Crippen molar-refractivity contribution in [2.45, 2.75) is 44.9 Å². The molecular formula is C18H21O2S2-. The summed E-state index contributed by atoms with van der Waals surface area (Å²) in [6.45, 7) is 10.5. The average Bonchev–Trinajstić information content (AvgIpc) is 2.36. The second kappa shape index (κ2) is 5.76. The zero-order valence-corrected chi connectivity index (χ0v) is 15.2. The molecule has 0 heterocycles. The van der Waals surface area contributed by atoms with Crippen LogP contribution in [0.15, 0.2) is 41.3 Å². The van der Waals surface area contributed by atoms with E-state index in [1.807, 2.05) is 19.9 Å². The highest BCUT2D eigenvalue weighted by Crippen LogP contribution is 2.36. The van der Waals surface area contributed by atoms with Crippen molar-refractivity contribution < 1.29 is 8.76 Å². The summed E-state index contributed by atoms with van der Waals surface area (Å²) in [6, 6.07) is 11.4. The molecule has 0 bridgehead atoms. The maximum atomic E-state index is 11.7. The molecule has 2 aromatic carbocycles. The summed E-state index contributed by atoms with van der Waals surface area (Å²) >= 11 is 4.61. The van der Waals surface area contributed by atoms with Gasteiger partial charge in [-0.05, 0) is 73.6 Å². The first-order valence-corrected chi connectivity index (χ1v) is 9.59. The van der Waals surface area contributed by atoms with Gasteiger partial charge in [0, 0.05) is 4.90 Å². The van der Waals surface area contributed by atoms with Crippen molar-refractivity contribution in [3.05, 3.63) is 53.1 Å². The Balaban J connectivity index is 2.79. The maximum Gasteiger partial charge on any atom is 0.0287 e. The molecule has 0 radical (unpaired) electrons. The molecule has 0 aromatic heterocycles. The molecule has 0 saturated carbocycles. The van der Waals surface area contributed by atoms with Gasteiger partial charge in [-0.3, -0.25) is 4.21 Å². The highest BCUT2D eigenvalue weighted by atomic mass is 32.8. The zero-order valence-electron chi connectivity index (χ0n) is 13.6. The van der Waals surface area contributed by atoms with E-state index in [1.165, 1.54) is 5.56 Å². The van der Waals surface area contributed by atoms with Gasteiger partial charge in [0.15, 0.2) is 0 Å². The summed E-state index contributed by atoms with van der Waals surface area (Å²) in [7, 11) is -3.63. The molecule has 0 aliphatic heterocycles. The molecule has 1 atom stereocenters. The molecule has 0 amide bonds. The van der Waals surface area contributed by atoms with Crippen molar-refractivity contribution in [3.63, 3.8) is 0 Å². The Hall–Kier alpha value is -1.23. The lowest BCUT2D eigenvalue weighted by molar-refractivity contribution is 0.534. The van der Waals surface area contributed by atoms with Crippen molar-refractivity contribution in [2.24, 2.45) is 0 Å². The van der Waals surface area contributed by atoms with E-state index in [9.17, 15) is 8.76 Å². The standard InChI is InChI=1S/C18H22O2S2/c1-12-6-9-17(18(3,4)5)16(10-12)15-11-14(22(19,20)21)8-7-13(15)2/h6-11H,1-5H3,(H,19,20,21)/p-1. The van der Waals surface area contributed by atoms with E-state index in [4.69, 9.17) is 0 Å². The van der Waals surface area contributed by atoms with Gasteiger partial charge in [-0.25, -0.2) is 0 Å². The zero-order chi connectivity index (χ0) is 16.7. The smallest absolute Gasteiger partial charge is 0.0287 e. The van der Waals surface area contributed by atoms with E-state index in [2.05, 4.69) is 50.2 Å². The van der Waals surface area contributed by atoms with Crippen LogP contribution in [0.2, 0.25) is 0 Å². The number of benzene rings is 2. The summed E-state index contributed by atoms with van der Waals surface area (Å²) < 4.78 is 23.4. The van der Waals surface area contributed by atoms with E-state index in [-0.39, 0.29) is 10.3 Å². The van der Waals surface area contributed by atoms with Crippen LogP contribution in [0.25, 0.3) is 11.1 Å². The van der Waals surface area contributed by atoms with Gasteiger partial charge in [0.2, 0.25) is 0 Å². The molecule has 2 aromatic rings. The first kappa shape index (κ1) is 17.1. The lowest BCUT2D eigenvalue weighted by Crippen LogP contribution is -2.13. The summed E-state index contributed by atoms with van der Waals surface area (Å²) in [6.07, 6.45) is 0. The average molecular weight is 333 g/mol. The highest BCUT2D eigenvalue weighted by molar-refractivity contribution is 8.29. The number of rotatable bonds is 2. The third-order valence-corrected chi connectivity index (χ3v) is 5.18. The van der Waals surface area contributed by atoms with Gasteiger partial charge in [-0.1, -0.05) is 50.6 Å². The molecule has 0 saturated heterocycles. The lowest BCUT2D eigenvalue weighted by atomic mass is 9.80. The van der Waals surface area contributed by atoms with Gasteiger partial charge >= 0.3 is 0 Å². The van der Waals surface area contributed by atoms with E-state index in [1.54, 1.807) is 12.1 Å². The van der Waals surface area contributed by atoms with E-state index in [0.717, 1.165) is 22.3 Å². The highest BCUT2D eigenvalue weighted by Gasteiger charge is 2.20. The largest absolute Gasteiger partial charge is 0.766 e. The van der Waals surface area contributed by atoms with Crippen LogP contribution in [0, 0.1) is 13.8 Å². The van der Waals surface area contributed by atoms with Crippen LogP contribution in [0.5, 0.6) is 0 Å². The van der Waals surface area contributed by atoms with Gasteiger partial charge in [0.25, 0.3) is 0 Å². The van der Waals surface area contributed by atoms with Crippen LogP contribution in [-0.2, 0) is 25.4 Å². The molecule has 1 unspecified atom stereocenters. The quantitative estimate of drug-likeness (QED) is 0.812. The van der Waals surface area contributed by atoms with Crippen LogP contribution in [-0.4, -0.2) is 8.76 Å². The fourth-order valence-corrected chi connectivity index (χ4v) is 3.39. The Morgan fingerprint density at radius 1 is 1.00 bits per heavy atom. The van der Waals surface area contributed by atoms with Gasteiger partial charge in [-0.15, -0.1) is 0 Å². The molecule has 118 valence electrons. The molecule has 2 rings (SSSR count). The van der Waals surface area contributed by atoms with Crippen LogP contribution in [0.4, 0.5) is 0 Å². The Morgan fingerprint density at radius 2 is 1.64 bits per heavy atom. The molecule has 0 fully saturated rings. The van der Waals surface area contributed by atoms with Crippen molar-refractivity contribution in [1.82, 2.24) is 0 Å². The van der Waals surface area contributed by atoms with Gasteiger partial charge in [0.1, 0.15) is 0 Å². The van der Waals surface area contributed by atoms with E-state index >= 15 is 0 Å². The predicted octanol–water partition coefficient (Wildman–Crippen LogP) is 4.50. The molecule has 22 heavy (non-hydrogen) atoms. The minimum atomic E-state index is -3.63. The number of hydrogen-bond donors (Lipinski definition) is 0. The second-order valence-electron chi connectivity index (χ2n) is 6.73. The molecule has 0 N–H and O–H groups in total. The fraction of sp³-hybridized carbons (Fsp3) is 0.333. The fourth-order valence-electron chi connectivity index (χ4n) is 2.58. The molecule has 0 spiro atoms. The minimum absolute atomic E-state index is 0.0294. The van der Waals surface area contributed by atoms with Crippen LogP contribution in [0.3, 0.4) is 0 Å². The summed E-state index contributed by atoms with van der Waals surface area (Å²) in [5.74, 6) is 0. The molecule has 4 heteroatoms. The van der Waals surface area contributed by atoms with Crippen LogP contribution >= 0.6 is 0 Å². The molecular weight excluding hydrogens is 312 g/mol. The molecule has 0 aliphatic carbocycles. The third kappa shape index (κ3) is 3.57. The first-order chi connectivity index (χ1) is 10.00. The topological polar surface area (TPSA) is 40.1 Å². The summed E-state index contributed by atoms with van der Waals surface area (Å²) in [5.41, 5.74) is 5.36. The third-order valence-electron chi connectivity index (χ3n) is 3.77. The van der Waals surface area contributed by atoms with Gasteiger partial charge in [0.05, 0.1) is 0 Å². The Bertz CT molecular complexity index is 813. The lowest BCUT2D eigenvalue weighted by Gasteiger charge is -2.25. The van der Waals surface area contributed by atoms with Crippen molar-refractivity contribution in [2.75, 3.05) is 0 Å². The first-order valence-electron chi connectivity index (χ1n) is 7.18. The molecule has 0 aliphatic rings. The summed E-state index contributed by atoms with van der Waals surface area (Å²) in [4.78, 5) is 0.185. The van der Waals surface area contributed by atoms with Crippen molar-refractivity contribution >= 4 is 20.0 Å². The molecule has 2 nitrogen and oxygen atoms in total. The van der Waals surface area contributed by atoms with Crippen molar-refractivity contribution in [3.8, 4) is 11.1 Å². The normalized spacial score (nSPS) is 14.6. The van der Waals surface area contributed by atoms with E-state index < -0.39 is 8.77 Å². The van der Waals surface area contributed by atoms with E-state index in [0.29, 0.717) is 0 Å². The minimum Gasteiger partial charge on any atom is -0.766 e. The van der Waals surface area contributed by atoms with Crippen LogP contribution in [0.1, 0.15) is 37.5 Å². The maximum absolute atomic E-state index is 11.7. The Kier molecular flexibility index (Phi) is 4.49. The number of aryl methyl sites for hydroxylation is 2. The van der Waals surface area contributed by atoms with Crippen LogP contribution < -0.4 is 0 Å². The SMILES string of the molecule is Cc1ccc(C(C)(C)C)c(-c2cc(S(=O)([O-])=S)ccc2C)c1. The predicted molar refractivity (Wildman–Crippen MR) is 94.6 cm³/mol. The van der Waals surface area contributed by atoms with Gasteiger partial charge in [-0.2, -0.15) is 0 Å². The Morgan fingerprint density at radius 3 is 2.18 bits per heavy atom. The summed E-state index contributed by atoms with van der Waals surface area (Å²) in [5, 5.41) is 0. The number of hydrogen-bond acceptors (Lipinski definition) is 3.